The maximum absolute atomic E-state index is 10.5. The van der Waals surface area contributed by atoms with Gasteiger partial charge in [0.05, 0.1) is 11.3 Å². The number of alkyl halides is 1. The summed E-state index contributed by atoms with van der Waals surface area (Å²) in [5.74, 6) is -1.70. The quantitative estimate of drug-likeness (QED) is 0.603. The highest BCUT2D eigenvalue weighted by atomic mass is 35.5. The molecule has 0 fully saturated rings. The molecule has 0 saturated carbocycles. The minimum absolute atomic E-state index is 0.0696. The molecule has 0 aliphatic heterocycles. The Morgan fingerprint density at radius 1 is 1.25 bits per heavy atom. The van der Waals surface area contributed by atoms with Gasteiger partial charge < -0.3 is 10.2 Å². The predicted octanol–water partition coefficient (Wildman–Crippen LogP) is 3.61. The van der Waals surface area contributed by atoms with Crippen LogP contribution in [-0.4, -0.2) is 27.5 Å². The van der Waals surface area contributed by atoms with E-state index in [2.05, 4.69) is 0 Å². The summed E-state index contributed by atoms with van der Waals surface area (Å²) in [6.45, 7) is 1.90. The summed E-state index contributed by atoms with van der Waals surface area (Å²) in [6, 6.07) is 0. The number of carboxylic acids is 2. The first-order valence-electron chi connectivity index (χ1n) is 6.89. The zero-order valence-electron chi connectivity index (χ0n) is 11.6. The van der Waals surface area contributed by atoms with E-state index in [0.717, 1.165) is 37.7 Å². The number of carbonyl (C=O) groups is 2. The number of carboxylic acid groups (broad SMARTS) is 2. The number of rotatable bonds is 2. The van der Waals surface area contributed by atoms with Crippen molar-refractivity contribution in [1.82, 2.24) is 0 Å². The van der Waals surface area contributed by atoms with Crippen molar-refractivity contribution in [3.05, 3.63) is 23.3 Å². The van der Waals surface area contributed by atoms with Gasteiger partial charge >= 0.3 is 11.9 Å². The standard InChI is InChI=1S/C8H12O2.C7H9ClO2/c1-6-4-2-3-5-7(6)8(9)10;8-6-3-1-2-5(4-6)7(9)10/h4,7H,2-3,5H2,1H3,(H,9,10);4,6H,1-3H2,(H,9,10). The van der Waals surface area contributed by atoms with Crippen molar-refractivity contribution >= 4 is 23.5 Å². The molecule has 0 spiro atoms. The Bertz CT molecular complexity index is 426. The van der Waals surface area contributed by atoms with Gasteiger partial charge in [-0.3, -0.25) is 4.79 Å². The minimum Gasteiger partial charge on any atom is -0.481 e. The summed E-state index contributed by atoms with van der Waals surface area (Å²) in [5.41, 5.74) is 1.49. The molecule has 0 aromatic carbocycles. The molecule has 0 radical (unpaired) electrons. The fourth-order valence-corrected chi connectivity index (χ4v) is 2.70. The van der Waals surface area contributed by atoms with Gasteiger partial charge in [0.15, 0.2) is 0 Å². The zero-order chi connectivity index (χ0) is 15.1. The van der Waals surface area contributed by atoms with Crippen LogP contribution in [0.1, 0.15) is 45.4 Å². The summed E-state index contributed by atoms with van der Waals surface area (Å²) in [5, 5.41) is 17.1. The first-order valence-corrected chi connectivity index (χ1v) is 7.33. The molecular weight excluding hydrogens is 280 g/mol. The van der Waals surface area contributed by atoms with Gasteiger partial charge in [0.1, 0.15) is 0 Å². The third kappa shape index (κ3) is 5.37. The number of halogens is 1. The summed E-state index contributed by atoms with van der Waals surface area (Å²) in [4.78, 5) is 20.9. The van der Waals surface area contributed by atoms with Gasteiger partial charge in [-0.1, -0.05) is 17.7 Å². The van der Waals surface area contributed by atoms with Crippen LogP contribution in [-0.2, 0) is 9.59 Å². The van der Waals surface area contributed by atoms with Crippen molar-refractivity contribution < 1.29 is 19.8 Å². The lowest BCUT2D eigenvalue weighted by atomic mass is 9.89. The molecule has 2 unspecified atom stereocenters. The van der Waals surface area contributed by atoms with Crippen LogP contribution in [0.4, 0.5) is 0 Å². The zero-order valence-corrected chi connectivity index (χ0v) is 12.4. The summed E-state index contributed by atoms with van der Waals surface area (Å²) in [6.07, 6.45) is 9.01. The number of allylic oxidation sites excluding steroid dienone is 2. The van der Waals surface area contributed by atoms with Crippen LogP contribution in [0.3, 0.4) is 0 Å². The van der Waals surface area contributed by atoms with Gasteiger partial charge in [-0.25, -0.2) is 4.79 Å². The van der Waals surface area contributed by atoms with E-state index in [1.165, 1.54) is 0 Å². The van der Waals surface area contributed by atoms with Crippen molar-refractivity contribution in [2.75, 3.05) is 0 Å². The molecule has 2 atom stereocenters. The van der Waals surface area contributed by atoms with Crippen molar-refractivity contribution in [3.63, 3.8) is 0 Å². The van der Waals surface area contributed by atoms with E-state index in [1.54, 1.807) is 6.08 Å². The van der Waals surface area contributed by atoms with Crippen molar-refractivity contribution in [2.24, 2.45) is 5.92 Å². The second-order valence-electron chi connectivity index (χ2n) is 5.18. The Hall–Kier alpha value is -1.29. The molecule has 0 saturated heterocycles. The van der Waals surface area contributed by atoms with Gasteiger partial charge in [0.2, 0.25) is 0 Å². The summed E-state index contributed by atoms with van der Waals surface area (Å²) in [7, 11) is 0. The van der Waals surface area contributed by atoms with Gasteiger partial charge in [-0.05, 0) is 45.4 Å². The Labute approximate surface area is 124 Å². The van der Waals surface area contributed by atoms with Gasteiger partial charge in [-0.15, -0.1) is 11.6 Å². The Balaban J connectivity index is 0.000000200. The molecule has 0 bridgehead atoms. The lowest BCUT2D eigenvalue weighted by Crippen LogP contribution is -2.16. The highest BCUT2D eigenvalue weighted by molar-refractivity contribution is 6.22. The van der Waals surface area contributed by atoms with E-state index < -0.39 is 11.9 Å². The number of hydrogen-bond acceptors (Lipinski definition) is 2. The normalized spacial score (nSPS) is 25.7. The monoisotopic (exact) mass is 300 g/mol. The second kappa shape index (κ2) is 8.10. The van der Waals surface area contributed by atoms with Crippen LogP contribution in [0, 0.1) is 5.92 Å². The second-order valence-corrected chi connectivity index (χ2v) is 5.74. The van der Waals surface area contributed by atoms with Gasteiger partial charge in [0, 0.05) is 5.57 Å². The van der Waals surface area contributed by atoms with Crippen LogP contribution in [0.5, 0.6) is 0 Å². The molecule has 2 N–H and O–H groups in total. The fraction of sp³-hybridized carbons (Fsp3) is 0.600. The van der Waals surface area contributed by atoms with E-state index >= 15 is 0 Å². The Kier molecular flexibility index (Phi) is 6.79. The highest BCUT2D eigenvalue weighted by Gasteiger charge is 2.20. The van der Waals surface area contributed by atoms with E-state index in [4.69, 9.17) is 21.8 Å². The van der Waals surface area contributed by atoms with Crippen LogP contribution >= 0.6 is 11.6 Å². The van der Waals surface area contributed by atoms with Crippen LogP contribution < -0.4 is 0 Å². The lowest BCUT2D eigenvalue weighted by molar-refractivity contribution is -0.140. The van der Waals surface area contributed by atoms with Crippen molar-refractivity contribution in [1.29, 1.82) is 0 Å². The molecule has 2 aliphatic rings. The number of aliphatic carboxylic acids is 2. The average molecular weight is 301 g/mol. The highest BCUT2D eigenvalue weighted by Crippen LogP contribution is 2.24. The molecule has 112 valence electrons. The molecule has 2 aliphatic carbocycles. The van der Waals surface area contributed by atoms with Gasteiger partial charge in [-0.2, -0.15) is 0 Å². The largest absolute Gasteiger partial charge is 0.481 e. The maximum atomic E-state index is 10.5. The van der Waals surface area contributed by atoms with Gasteiger partial charge in [0.25, 0.3) is 0 Å². The molecule has 20 heavy (non-hydrogen) atoms. The average Bonchev–Trinajstić information content (AvgIpc) is 2.39. The molecule has 0 heterocycles. The molecule has 4 nitrogen and oxygen atoms in total. The van der Waals surface area contributed by atoms with E-state index in [0.29, 0.717) is 12.0 Å². The Morgan fingerprint density at radius 3 is 2.35 bits per heavy atom. The molecule has 2 rings (SSSR count). The molecule has 0 aromatic rings. The minimum atomic E-state index is -0.828. The molecule has 0 aromatic heterocycles. The third-order valence-corrected chi connectivity index (χ3v) is 3.94. The summed E-state index contributed by atoms with van der Waals surface area (Å²) >= 11 is 5.72. The first-order chi connectivity index (χ1) is 9.41. The van der Waals surface area contributed by atoms with E-state index in [1.807, 2.05) is 13.0 Å². The Morgan fingerprint density at radius 2 is 1.95 bits per heavy atom. The smallest absolute Gasteiger partial charge is 0.331 e. The van der Waals surface area contributed by atoms with Crippen LogP contribution in [0.15, 0.2) is 23.3 Å². The van der Waals surface area contributed by atoms with E-state index in [9.17, 15) is 9.59 Å². The van der Waals surface area contributed by atoms with Crippen molar-refractivity contribution in [3.8, 4) is 0 Å². The lowest BCUT2D eigenvalue weighted by Gasteiger charge is -2.16. The van der Waals surface area contributed by atoms with Crippen LogP contribution in [0.25, 0.3) is 0 Å². The number of hydrogen-bond donors (Lipinski definition) is 2. The summed E-state index contributed by atoms with van der Waals surface area (Å²) < 4.78 is 0. The third-order valence-electron chi connectivity index (χ3n) is 3.59. The predicted molar refractivity (Wildman–Crippen MR) is 77.9 cm³/mol. The molecule has 5 heteroatoms. The van der Waals surface area contributed by atoms with E-state index in [-0.39, 0.29) is 11.3 Å². The van der Waals surface area contributed by atoms with Crippen LogP contribution in [0.2, 0.25) is 0 Å². The van der Waals surface area contributed by atoms with Crippen molar-refractivity contribution in [2.45, 2.75) is 50.8 Å². The fourth-order valence-electron chi connectivity index (χ4n) is 2.39. The topological polar surface area (TPSA) is 74.6 Å². The SMILES string of the molecule is CC1=CCCCC1C(=O)O.O=C(O)C1=CC(Cl)CCC1. The maximum Gasteiger partial charge on any atom is 0.331 e. The molecule has 0 amide bonds. The first kappa shape index (κ1) is 16.8. The molecular formula is C15H21ClO4.